The van der Waals surface area contributed by atoms with Crippen molar-refractivity contribution in [1.29, 1.82) is 0 Å². The zero-order valence-electron chi connectivity index (χ0n) is 43.5. The normalized spacial score (nSPS) is 12.8. The first-order valence-corrected chi connectivity index (χ1v) is 26.0. The molecule has 0 fully saturated rings. The fourth-order valence-corrected chi connectivity index (χ4v) is 12.1. The maximum atomic E-state index is 12.7. The van der Waals surface area contributed by atoms with Crippen LogP contribution in [0, 0.1) is 0 Å². The van der Waals surface area contributed by atoms with Crippen molar-refractivity contribution >= 4 is 81.6 Å². The quantitative estimate of drug-likeness (QED) is 0.169. The van der Waals surface area contributed by atoms with Crippen LogP contribution in [0.5, 0.6) is 5.75 Å². The number of fused-ring (bicyclic) bond motifs is 14. The van der Waals surface area contributed by atoms with Crippen molar-refractivity contribution in [2.45, 2.75) is 91.9 Å². The molecule has 5 nitrogen and oxygen atoms in total. The Hall–Kier alpha value is -8.02. The molecule has 0 aliphatic heterocycles. The molecule has 13 rings (SSSR count). The summed E-state index contributed by atoms with van der Waals surface area (Å²) in [5.41, 5.74) is 16.4. The van der Waals surface area contributed by atoms with E-state index in [0.717, 1.165) is 61.0 Å². The standard InChI is InChI=1S/C68H60N4O/c1-38(2)51-34-41(40-20-12-11-13-21-40)35-52(39(3)4)64(51)72-58-29-19-26-48(62(58)70-66(72)53-36-42(67(5,6)7)37-54(65(53)73)68(8,9)10)55-32-30-46-43-22-14-15-24-45(43)59-49(61(46)69-55)31-33-57-60(59)50-27-18-25-47-44-23-16-17-28-56(44)71(57)63(47)50/h11-39,73H,1-10H3. The summed E-state index contributed by atoms with van der Waals surface area (Å²) >= 11 is 0. The molecular weight excluding hydrogens is 889 g/mol. The summed E-state index contributed by atoms with van der Waals surface area (Å²) in [7, 11) is 0. The van der Waals surface area contributed by atoms with E-state index in [-0.39, 0.29) is 28.4 Å². The van der Waals surface area contributed by atoms with Gasteiger partial charge in [0.05, 0.1) is 50.0 Å². The van der Waals surface area contributed by atoms with E-state index in [2.05, 4.69) is 242 Å². The highest BCUT2D eigenvalue weighted by atomic mass is 16.3. The van der Waals surface area contributed by atoms with Crippen LogP contribution in [-0.4, -0.2) is 24.0 Å². The van der Waals surface area contributed by atoms with Crippen LogP contribution < -0.4 is 0 Å². The molecule has 358 valence electrons. The Morgan fingerprint density at radius 2 is 1.08 bits per heavy atom. The van der Waals surface area contributed by atoms with E-state index in [9.17, 15) is 5.11 Å². The summed E-state index contributed by atoms with van der Waals surface area (Å²) in [6, 6.07) is 59.9. The number of phenols is 1. The summed E-state index contributed by atoms with van der Waals surface area (Å²) in [5, 5.41) is 23.7. The Balaban J connectivity index is 1.13. The molecule has 0 saturated carbocycles. The first-order chi connectivity index (χ1) is 35.1. The highest BCUT2D eigenvalue weighted by Gasteiger charge is 2.31. The van der Waals surface area contributed by atoms with Gasteiger partial charge < -0.3 is 9.51 Å². The molecule has 9 aromatic carbocycles. The predicted octanol–water partition coefficient (Wildman–Crippen LogP) is 18.6. The van der Waals surface area contributed by atoms with Gasteiger partial charge in [-0.1, -0.05) is 184 Å². The summed E-state index contributed by atoms with van der Waals surface area (Å²) in [6.45, 7) is 22.5. The number of rotatable bonds is 6. The molecule has 5 heteroatoms. The van der Waals surface area contributed by atoms with Gasteiger partial charge in [0.1, 0.15) is 11.6 Å². The molecule has 0 aliphatic carbocycles. The zero-order chi connectivity index (χ0) is 50.4. The average molecular weight is 949 g/mol. The first-order valence-electron chi connectivity index (χ1n) is 26.0. The number of nitrogens with zero attached hydrogens (tertiary/aromatic N) is 4. The van der Waals surface area contributed by atoms with Crippen molar-refractivity contribution < 1.29 is 5.11 Å². The molecule has 0 atom stereocenters. The lowest BCUT2D eigenvalue weighted by Gasteiger charge is -2.28. The van der Waals surface area contributed by atoms with Crippen molar-refractivity contribution in [2.24, 2.45) is 0 Å². The molecule has 0 unspecified atom stereocenters. The number of para-hydroxylation sites is 3. The van der Waals surface area contributed by atoms with E-state index in [1.807, 2.05) is 0 Å². The van der Waals surface area contributed by atoms with Crippen LogP contribution in [0.15, 0.2) is 164 Å². The molecule has 4 aromatic heterocycles. The Morgan fingerprint density at radius 3 is 1.79 bits per heavy atom. The van der Waals surface area contributed by atoms with Gasteiger partial charge >= 0.3 is 0 Å². The van der Waals surface area contributed by atoms with Gasteiger partial charge in [-0.2, -0.15) is 0 Å². The molecular formula is C68H60N4O. The van der Waals surface area contributed by atoms with E-state index < -0.39 is 0 Å². The third kappa shape index (κ3) is 6.67. The number of pyridine rings is 1. The molecule has 0 spiro atoms. The molecule has 0 radical (unpaired) electrons. The van der Waals surface area contributed by atoms with Crippen LogP contribution >= 0.6 is 0 Å². The van der Waals surface area contributed by atoms with Crippen LogP contribution in [0.4, 0.5) is 0 Å². The number of benzene rings is 9. The third-order valence-corrected chi connectivity index (χ3v) is 15.8. The molecule has 0 bridgehead atoms. The number of aromatic hydroxyl groups is 1. The summed E-state index contributed by atoms with van der Waals surface area (Å²) in [6.07, 6.45) is 0. The minimum Gasteiger partial charge on any atom is -0.507 e. The largest absolute Gasteiger partial charge is 0.507 e. The summed E-state index contributed by atoms with van der Waals surface area (Å²) < 4.78 is 4.84. The maximum Gasteiger partial charge on any atom is 0.149 e. The predicted molar refractivity (Wildman–Crippen MR) is 310 cm³/mol. The van der Waals surface area contributed by atoms with Crippen LogP contribution in [0.1, 0.15) is 103 Å². The van der Waals surface area contributed by atoms with Crippen LogP contribution in [0.25, 0.3) is 121 Å². The molecule has 0 amide bonds. The van der Waals surface area contributed by atoms with Crippen molar-refractivity contribution in [1.82, 2.24) is 18.9 Å². The van der Waals surface area contributed by atoms with Crippen LogP contribution in [-0.2, 0) is 10.8 Å². The van der Waals surface area contributed by atoms with Crippen molar-refractivity contribution in [3.63, 3.8) is 0 Å². The van der Waals surface area contributed by atoms with Gasteiger partial charge in [-0.3, -0.25) is 4.57 Å². The van der Waals surface area contributed by atoms with Crippen LogP contribution in [0.2, 0.25) is 0 Å². The third-order valence-electron chi connectivity index (χ3n) is 15.8. The van der Waals surface area contributed by atoms with E-state index in [1.54, 1.807) is 0 Å². The van der Waals surface area contributed by atoms with E-state index in [0.29, 0.717) is 5.82 Å². The number of aromatic nitrogens is 4. The lowest BCUT2D eigenvalue weighted by atomic mass is 9.78. The monoisotopic (exact) mass is 948 g/mol. The van der Waals surface area contributed by atoms with Gasteiger partial charge in [-0.05, 0) is 110 Å². The van der Waals surface area contributed by atoms with Crippen molar-refractivity contribution in [3.8, 4) is 45.2 Å². The van der Waals surface area contributed by atoms with Gasteiger partial charge in [0, 0.05) is 48.8 Å². The van der Waals surface area contributed by atoms with Crippen molar-refractivity contribution in [2.75, 3.05) is 0 Å². The van der Waals surface area contributed by atoms with E-state index in [1.165, 1.54) is 76.5 Å². The minimum atomic E-state index is -0.336. The van der Waals surface area contributed by atoms with E-state index in [4.69, 9.17) is 9.97 Å². The summed E-state index contributed by atoms with van der Waals surface area (Å²) in [4.78, 5) is 11.5. The van der Waals surface area contributed by atoms with Crippen LogP contribution in [0.3, 0.4) is 0 Å². The van der Waals surface area contributed by atoms with Gasteiger partial charge in [-0.25, -0.2) is 9.97 Å². The first kappa shape index (κ1) is 44.9. The lowest BCUT2D eigenvalue weighted by Crippen LogP contribution is -2.17. The molecule has 73 heavy (non-hydrogen) atoms. The maximum absolute atomic E-state index is 12.7. The summed E-state index contributed by atoms with van der Waals surface area (Å²) in [5.74, 6) is 1.32. The molecule has 1 N–H and O–H groups in total. The highest BCUT2D eigenvalue weighted by molar-refractivity contribution is 6.37. The fraction of sp³-hybridized carbons (Fsp3) is 0.206. The van der Waals surface area contributed by atoms with Gasteiger partial charge in [0.25, 0.3) is 0 Å². The number of imidazole rings is 1. The Labute approximate surface area is 426 Å². The fourth-order valence-electron chi connectivity index (χ4n) is 12.1. The number of phenolic OH excluding ortho intramolecular Hbond substituents is 1. The topological polar surface area (TPSA) is 55.3 Å². The second-order valence-electron chi connectivity index (χ2n) is 23.1. The zero-order valence-corrected chi connectivity index (χ0v) is 43.5. The Kier molecular flexibility index (Phi) is 9.83. The minimum absolute atomic E-state index is 0.172. The van der Waals surface area contributed by atoms with Gasteiger partial charge in [0.2, 0.25) is 0 Å². The molecule has 0 aliphatic rings. The number of hydrogen-bond donors (Lipinski definition) is 1. The van der Waals surface area contributed by atoms with Gasteiger partial charge in [0.15, 0.2) is 0 Å². The second-order valence-corrected chi connectivity index (χ2v) is 23.1. The van der Waals surface area contributed by atoms with Crippen molar-refractivity contribution in [3.05, 3.63) is 186 Å². The molecule has 13 aromatic rings. The van der Waals surface area contributed by atoms with E-state index >= 15 is 0 Å². The SMILES string of the molecule is CC(C)c1cc(-c2ccccc2)cc(C(C)C)c1-n1c(-c2cc(C(C)(C)C)cc(C(C)(C)C)c2O)nc2c(-c3ccc4c5ccccc5c5c(ccc6c5c5cccc7c8ccccc8n6c75)c4n3)cccc21. The lowest BCUT2D eigenvalue weighted by molar-refractivity contribution is 0.446. The molecule has 4 heterocycles. The van der Waals surface area contributed by atoms with Gasteiger partial charge in [-0.15, -0.1) is 0 Å². The second kappa shape index (κ2) is 16.0. The Bertz CT molecular complexity index is 4370. The average Bonchev–Trinajstić information content (AvgIpc) is 4.05. The smallest absolute Gasteiger partial charge is 0.149 e. The molecule has 0 saturated heterocycles. The Morgan fingerprint density at radius 1 is 0.452 bits per heavy atom. The number of hydrogen-bond acceptors (Lipinski definition) is 3. The highest BCUT2D eigenvalue weighted by Crippen LogP contribution is 2.49.